The molecule has 26 heavy (non-hydrogen) atoms. The van der Waals surface area contributed by atoms with Gasteiger partial charge >= 0.3 is 0 Å². The molecule has 2 aromatic rings. The monoisotopic (exact) mass is 387 g/mol. The van der Waals surface area contributed by atoms with Crippen LogP contribution in [0, 0.1) is 0 Å². The Bertz CT molecular complexity index is 879. The number of aromatic hydroxyl groups is 1. The molecule has 0 aromatic heterocycles. The van der Waals surface area contributed by atoms with Crippen molar-refractivity contribution in [3.05, 3.63) is 59.1 Å². The van der Waals surface area contributed by atoms with Gasteiger partial charge in [0.15, 0.2) is 0 Å². The molecular formula is C19H18ClN3O2S. The third kappa shape index (κ3) is 3.45. The standard InChI is InChI=1S/C19H18ClN3O2S/c20-14-4-2-6-16(12-14)26-23-9-7-19(8-10-23)18(25)21-17(22-19)13-3-1-5-15(24)11-13/h1-6,11-12,24H,7-10H2,(H,21,22,25). The minimum atomic E-state index is -0.702. The summed E-state index contributed by atoms with van der Waals surface area (Å²) < 4.78 is 2.24. The Labute approximate surface area is 161 Å². The number of rotatable bonds is 3. The highest BCUT2D eigenvalue weighted by molar-refractivity contribution is 7.97. The molecule has 134 valence electrons. The van der Waals surface area contributed by atoms with E-state index in [1.807, 2.05) is 30.3 Å². The normalized spacial score (nSPS) is 19.4. The highest BCUT2D eigenvalue weighted by Crippen LogP contribution is 2.35. The molecule has 2 aliphatic heterocycles. The van der Waals surface area contributed by atoms with Crippen molar-refractivity contribution >= 4 is 35.3 Å². The quantitative estimate of drug-likeness (QED) is 0.791. The lowest BCUT2D eigenvalue weighted by molar-refractivity contribution is -0.124. The summed E-state index contributed by atoms with van der Waals surface area (Å²) in [5.74, 6) is 0.651. The van der Waals surface area contributed by atoms with Crippen LogP contribution in [0.25, 0.3) is 0 Å². The van der Waals surface area contributed by atoms with E-state index in [9.17, 15) is 9.90 Å². The van der Waals surface area contributed by atoms with E-state index in [1.54, 1.807) is 30.1 Å². The van der Waals surface area contributed by atoms with E-state index >= 15 is 0 Å². The van der Waals surface area contributed by atoms with E-state index in [4.69, 9.17) is 16.6 Å². The zero-order valence-corrected chi connectivity index (χ0v) is 15.6. The molecule has 5 nitrogen and oxygen atoms in total. The van der Waals surface area contributed by atoms with Gasteiger partial charge in [-0.25, -0.2) is 4.31 Å². The van der Waals surface area contributed by atoms with Gasteiger partial charge in [-0.2, -0.15) is 0 Å². The van der Waals surface area contributed by atoms with E-state index < -0.39 is 5.54 Å². The van der Waals surface area contributed by atoms with E-state index in [1.165, 1.54) is 0 Å². The number of carbonyl (C=O) groups excluding carboxylic acids is 1. The Morgan fingerprint density at radius 1 is 1.15 bits per heavy atom. The first kappa shape index (κ1) is 17.4. The number of halogens is 1. The summed E-state index contributed by atoms with van der Waals surface area (Å²) in [4.78, 5) is 18.4. The number of amidine groups is 1. The summed E-state index contributed by atoms with van der Waals surface area (Å²) >= 11 is 7.70. The van der Waals surface area contributed by atoms with Gasteiger partial charge in [-0.05, 0) is 55.1 Å². The molecule has 2 aromatic carbocycles. The van der Waals surface area contributed by atoms with Crippen LogP contribution in [-0.2, 0) is 4.79 Å². The Kier molecular flexibility index (Phi) is 4.65. The topological polar surface area (TPSA) is 64.9 Å². The van der Waals surface area contributed by atoms with Gasteiger partial charge in [-0.1, -0.05) is 29.8 Å². The van der Waals surface area contributed by atoms with Gasteiger partial charge in [0, 0.05) is 28.6 Å². The van der Waals surface area contributed by atoms with Crippen LogP contribution < -0.4 is 5.32 Å². The first-order chi connectivity index (χ1) is 12.5. The Hall–Kier alpha value is -2.02. The Balaban J connectivity index is 1.46. The smallest absolute Gasteiger partial charge is 0.253 e. The van der Waals surface area contributed by atoms with Gasteiger partial charge in [0.05, 0.1) is 0 Å². The highest BCUT2D eigenvalue weighted by Gasteiger charge is 2.46. The second kappa shape index (κ2) is 6.95. The summed E-state index contributed by atoms with van der Waals surface area (Å²) in [6.45, 7) is 1.53. The fraction of sp³-hybridized carbons (Fsp3) is 0.263. The average molecular weight is 388 g/mol. The zero-order valence-electron chi connectivity index (χ0n) is 14.0. The molecule has 2 heterocycles. The third-order valence-corrected chi connectivity index (χ3v) is 6.00. The van der Waals surface area contributed by atoms with Crippen molar-refractivity contribution in [2.45, 2.75) is 23.3 Å². The second-order valence-electron chi connectivity index (χ2n) is 6.47. The first-order valence-electron chi connectivity index (χ1n) is 8.43. The van der Waals surface area contributed by atoms with Crippen LogP contribution in [0.5, 0.6) is 5.75 Å². The van der Waals surface area contributed by atoms with Crippen molar-refractivity contribution in [1.82, 2.24) is 9.62 Å². The average Bonchev–Trinajstić information content (AvgIpc) is 2.94. The first-order valence-corrected chi connectivity index (χ1v) is 9.58. The second-order valence-corrected chi connectivity index (χ2v) is 8.08. The fourth-order valence-corrected chi connectivity index (χ4v) is 4.50. The number of carbonyl (C=O) groups is 1. The lowest BCUT2D eigenvalue weighted by atomic mass is 9.89. The van der Waals surface area contributed by atoms with E-state index in [0.29, 0.717) is 18.7 Å². The van der Waals surface area contributed by atoms with Crippen LogP contribution in [0.3, 0.4) is 0 Å². The third-order valence-electron chi connectivity index (χ3n) is 4.68. The van der Waals surface area contributed by atoms with Gasteiger partial charge < -0.3 is 10.4 Å². The van der Waals surface area contributed by atoms with E-state index in [0.717, 1.165) is 28.6 Å². The molecule has 0 bridgehead atoms. The number of amides is 1. The minimum absolute atomic E-state index is 0.0525. The Morgan fingerprint density at radius 2 is 1.92 bits per heavy atom. The van der Waals surface area contributed by atoms with Gasteiger partial charge in [0.2, 0.25) is 0 Å². The van der Waals surface area contributed by atoms with Crippen molar-refractivity contribution in [2.75, 3.05) is 13.1 Å². The largest absolute Gasteiger partial charge is 0.508 e. The van der Waals surface area contributed by atoms with Crippen LogP contribution in [0.2, 0.25) is 5.02 Å². The van der Waals surface area contributed by atoms with Gasteiger partial charge in [-0.3, -0.25) is 9.79 Å². The number of nitrogens with one attached hydrogen (secondary N) is 1. The number of phenols is 1. The number of piperidine rings is 1. The van der Waals surface area contributed by atoms with Crippen LogP contribution in [0.4, 0.5) is 0 Å². The molecule has 0 atom stereocenters. The van der Waals surface area contributed by atoms with Crippen molar-refractivity contribution in [1.29, 1.82) is 0 Å². The van der Waals surface area contributed by atoms with Crippen LogP contribution in [-0.4, -0.2) is 39.8 Å². The lowest BCUT2D eigenvalue weighted by Crippen LogP contribution is -2.47. The number of hydrogen-bond acceptors (Lipinski definition) is 5. The summed E-state index contributed by atoms with van der Waals surface area (Å²) in [5.41, 5.74) is 0.0255. The van der Waals surface area contributed by atoms with E-state index in [-0.39, 0.29) is 11.7 Å². The predicted octanol–water partition coefficient (Wildman–Crippen LogP) is 3.46. The number of phenolic OH excluding ortho intramolecular Hbond substituents is 1. The number of aliphatic imine (C=N–C) groups is 1. The van der Waals surface area contributed by atoms with Crippen molar-refractivity contribution < 1.29 is 9.90 Å². The number of benzene rings is 2. The molecule has 1 spiro atoms. The van der Waals surface area contributed by atoms with Gasteiger partial charge in [0.1, 0.15) is 17.1 Å². The summed E-state index contributed by atoms with van der Waals surface area (Å²) in [6.07, 6.45) is 1.32. The maximum absolute atomic E-state index is 12.6. The molecule has 1 fully saturated rings. The molecule has 0 radical (unpaired) electrons. The molecule has 0 saturated carbocycles. The zero-order chi connectivity index (χ0) is 18.1. The summed E-state index contributed by atoms with van der Waals surface area (Å²) in [7, 11) is 0. The highest BCUT2D eigenvalue weighted by atomic mass is 35.5. The van der Waals surface area contributed by atoms with E-state index in [2.05, 4.69) is 9.62 Å². The van der Waals surface area contributed by atoms with Gasteiger partial charge in [0.25, 0.3) is 5.91 Å². The molecule has 2 N–H and O–H groups in total. The molecule has 7 heteroatoms. The number of nitrogens with zero attached hydrogens (tertiary/aromatic N) is 2. The summed E-state index contributed by atoms with van der Waals surface area (Å²) in [6, 6.07) is 14.6. The Morgan fingerprint density at radius 3 is 2.65 bits per heavy atom. The predicted molar refractivity (Wildman–Crippen MR) is 104 cm³/mol. The number of hydrogen-bond donors (Lipinski definition) is 2. The van der Waals surface area contributed by atoms with Crippen LogP contribution in [0.1, 0.15) is 18.4 Å². The lowest BCUT2D eigenvalue weighted by Gasteiger charge is -2.34. The molecule has 0 aliphatic carbocycles. The molecular weight excluding hydrogens is 370 g/mol. The molecule has 1 amide bonds. The van der Waals surface area contributed by atoms with Crippen LogP contribution in [0.15, 0.2) is 58.4 Å². The minimum Gasteiger partial charge on any atom is -0.508 e. The van der Waals surface area contributed by atoms with Crippen molar-refractivity contribution in [2.24, 2.45) is 4.99 Å². The fourth-order valence-electron chi connectivity index (χ4n) is 3.27. The molecule has 4 rings (SSSR count). The van der Waals surface area contributed by atoms with Crippen molar-refractivity contribution in [3.8, 4) is 5.75 Å². The SMILES string of the molecule is O=C1NC(c2cccc(O)c2)=NC12CCN(Sc1cccc(Cl)c1)CC2. The molecule has 0 unspecified atom stereocenters. The van der Waals surface area contributed by atoms with Crippen LogP contribution >= 0.6 is 23.5 Å². The van der Waals surface area contributed by atoms with Crippen molar-refractivity contribution in [3.63, 3.8) is 0 Å². The maximum Gasteiger partial charge on any atom is 0.253 e. The maximum atomic E-state index is 12.6. The van der Waals surface area contributed by atoms with Gasteiger partial charge in [-0.15, -0.1) is 0 Å². The molecule has 1 saturated heterocycles. The molecule has 2 aliphatic rings. The summed E-state index contributed by atoms with van der Waals surface area (Å²) in [5, 5.41) is 13.3.